The third kappa shape index (κ3) is 4.99. The highest BCUT2D eigenvalue weighted by atomic mass is 17.0. The van der Waals surface area contributed by atoms with Crippen molar-refractivity contribution in [3.63, 3.8) is 0 Å². The van der Waals surface area contributed by atoms with Crippen LogP contribution in [0.2, 0.25) is 0 Å². The van der Waals surface area contributed by atoms with E-state index in [0.717, 1.165) is 12.8 Å². The molecule has 1 saturated carbocycles. The molecule has 1 amide bonds. The first kappa shape index (κ1) is 13.7. The number of rotatable bonds is 5. The summed E-state index contributed by atoms with van der Waals surface area (Å²) in [6, 6.07) is -0.496. The molecule has 7 heteroatoms. The molecule has 1 aliphatic carbocycles. The van der Waals surface area contributed by atoms with Gasteiger partial charge >= 0.3 is 0 Å². The zero-order chi connectivity index (χ0) is 12.8. The summed E-state index contributed by atoms with van der Waals surface area (Å²) in [4.78, 5) is 25.9. The molecule has 0 saturated heterocycles. The maximum atomic E-state index is 11.2. The lowest BCUT2D eigenvalue weighted by Crippen LogP contribution is -2.41. The number of hydrogen-bond donors (Lipinski definition) is 2. The molecule has 0 aromatic rings. The van der Waals surface area contributed by atoms with Gasteiger partial charge in [0.2, 0.25) is 5.91 Å². The molecule has 1 fully saturated rings. The average Bonchev–Trinajstić information content (AvgIpc) is 2.26. The fourth-order valence-corrected chi connectivity index (χ4v) is 1.97. The van der Waals surface area contributed by atoms with Crippen molar-refractivity contribution in [1.29, 1.82) is 0 Å². The monoisotopic (exact) mass is 245 g/mol. The molecule has 0 spiro atoms. The molecule has 1 unspecified atom stereocenters. The van der Waals surface area contributed by atoms with Gasteiger partial charge in [-0.15, -0.1) is 10.1 Å². The Hall–Kier alpha value is -1.37. The second-order valence-corrected chi connectivity index (χ2v) is 4.51. The van der Waals surface area contributed by atoms with Crippen LogP contribution in [0.4, 0.5) is 0 Å². The predicted octanol–water partition coefficient (Wildman–Crippen LogP) is 0.217. The maximum Gasteiger partial charge on any atom is 0.294 e. The van der Waals surface area contributed by atoms with Gasteiger partial charge in [-0.1, -0.05) is 0 Å². The van der Waals surface area contributed by atoms with E-state index in [1.54, 1.807) is 6.92 Å². The number of carbonyl (C=O) groups excluding carboxylic acids is 1. The van der Waals surface area contributed by atoms with Crippen molar-refractivity contribution in [1.82, 2.24) is 5.32 Å². The summed E-state index contributed by atoms with van der Waals surface area (Å²) in [7, 11) is 0. The first-order chi connectivity index (χ1) is 7.99. The van der Waals surface area contributed by atoms with Gasteiger partial charge in [-0.2, -0.15) is 0 Å². The number of nitrogens with zero attached hydrogens (tertiary/aromatic N) is 1. The van der Waals surface area contributed by atoms with Gasteiger partial charge in [-0.05, 0) is 38.5 Å². The fraction of sp³-hybridized carbons (Fsp3) is 0.900. The third-order valence-electron chi connectivity index (χ3n) is 3.01. The second-order valence-electron chi connectivity index (χ2n) is 4.51. The molecular formula is C10H19N3O4. The smallest absolute Gasteiger partial charge is 0.294 e. The maximum absolute atomic E-state index is 11.2. The number of nitrogens with two attached hydrogens (primary N) is 1. The molecule has 7 nitrogen and oxygen atoms in total. The fourth-order valence-electron chi connectivity index (χ4n) is 1.97. The van der Waals surface area contributed by atoms with E-state index in [1.165, 1.54) is 0 Å². The summed E-state index contributed by atoms with van der Waals surface area (Å²) >= 11 is 0. The standard InChI is InChI=1S/C10H19N3O4/c1-7(11)10(14)12-6-8-2-4-9(5-3-8)17-13(15)16/h7-9H,2-6,11H2,1H3,(H,12,14)/t7?,8-,9-. The molecule has 1 aliphatic rings. The Labute approximate surface area is 99.8 Å². The molecule has 3 N–H and O–H groups in total. The van der Waals surface area contributed by atoms with Crippen molar-refractivity contribution in [2.75, 3.05) is 6.54 Å². The van der Waals surface area contributed by atoms with Crippen LogP contribution < -0.4 is 11.1 Å². The predicted molar refractivity (Wildman–Crippen MR) is 60.5 cm³/mol. The van der Waals surface area contributed by atoms with E-state index in [-0.39, 0.29) is 12.0 Å². The molecular weight excluding hydrogens is 226 g/mol. The zero-order valence-corrected chi connectivity index (χ0v) is 9.93. The number of nitrogens with one attached hydrogen (secondary N) is 1. The van der Waals surface area contributed by atoms with Gasteiger partial charge in [-0.25, -0.2) is 0 Å². The van der Waals surface area contributed by atoms with Gasteiger partial charge in [0.25, 0.3) is 5.09 Å². The minimum atomic E-state index is -0.733. The molecule has 17 heavy (non-hydrogen) atoms. The van der Waals surface area contributed by atoms with Crippen LogP contribution in [-0.2, 0) is 9.63 Å². The second kappa shape index (κ2) is 6.39. The topological polar surface area (TPSA) is 107 Å². The minimum Gasteiger partial charge on any atom is -0.354 e. The van der Waals surface area contributed by atoms with E-state index in [1.807, 2.05) is 0 Å². The summed E-state index contributed by atoms with van der Waals surface area (Å²) in [5, 5.41) is 12.2. The van der Waals surface area contributed by atoms with Crippen LogP contribution >= 0.6 is 0 Å². The van der Waals surface area contributed by atoms with Crippen LogP contribution in [0.15, 0.2) is 0 Å². The summed E-state index contributed by atoms with van der Waals surface area (Å²) < 4.78 is 0. The Morgan fingerprint density at radius 2 is 2.12 bits per heavy atom. The van der Waals surface area contributed by atoms with Crippen LogP contribution in [0.25, 0.3) is 0 Å². The lowest BCUT2D eigenvalue weighted by atomic mass is 9.87. The lowest BCUT2D eigenvalue weighted by Gasteiger charge is -2.27. The van der Waals surface area contributed by atoms with E-state index >= 15 is 0 Å². The molecule has 1 rings (SSSR count). The highest BCUT2D eigenvalue weighted by molar-refractivity contribution is 5.80. The molecule has 0 heterocycles. The molecule has 98 valence electrons. The van der Waals surface area contributed by atoms with Crippen molar-refractivity contribution < 1.29 is 14.7 Å². The van der Waals surface area contributed by atoms with Gasteiger partial charge in [0.15, 0.2) is 0 Å². The largest absolute Gasteiger partial charge is 0.354 e. The summed E-state index contributed by atoms with van der Waals surface area (Å²) in [6.07, 6.45) is 2.71. The van der Waals surface area contributed by atoms with Crippen molar-refractivity contribution in [2.45, 2.75) is 44.8 Å². The highest BCUT2D eigenvalue weighted by Gasteiger charge is 2.24. The number of hydrogen-bond acceptors (Lipinski definition) is 5. The number of amides is 1. The van der Waals surface area contributed by atoms with Gasteiger partial charge in [-0.3, -0.25) is 4.79 Å². The lowest BCUT2D eigenvalue weighted by molar-refractivity contribution is -0.769. The zero-order valence-electron chi connectivity index (χ0n) is 9.93. The quantitative estimate of drug-likeness (QED) is 0.532. The van der Waals surface area contributed by atoms with Gasteiger partial charge in [0, 0.05) is 6.54 Å². The summed E-state index contributed by atoms with van der Waals surface area (Å²) in [5.41, 5.74) is 5.42. The van der Waals surface area contributed by atoms with Gasteiger partial charge in [0.1, 0.15) is 6.10 Å². The molecule has 1 atom stereocenters. The minimum absolute atomic E-state index is 0.159. The van der Waals surface area contributed by atoms with Crippen LogP contribution in [0, 0.1) is 16.0 Å². The van der Waals surface area contributed by atoms with Crippen molar-refractivity contribution in [3.8, 4) is 0 Å². The van der Waals surface area contributed by atoms with E-state index < -0.39 is 11.1 Å². The summed E-state index contributed by atoms with van der Waals surface area (Å²) in [5.74, 6) is 0.206. The Morgan fingerprint density at radius 1 is 1.53 bits per heavy atom. The highest BCUT2D eigenvalue weighted by Crippen LogP contribution is 2.25. The van der Waals surface area contributed by atoms with Crippen LogP contribution in [0.3, 0.4) is 0 Å². The van der Waals surface area contributed by atoms with Crippen LogP contribution in [0.1, 0.15) is 32.6 Å². The van der Waals surface area contributed by atoms with Gasteiger partial charge in [0.05, 0.1) is 6.04 Å². The van der Waals surface area contributed by atoms with E-state index in [2.05, 4.69) is 10.2 Å². The molecule has 0 aliphatic heterocycles. The summed E-state index contributed by atoms with van der Waals surface area (Å²) in [6.45, 7) is 2.22. The Kier molecular flexibility index (Phi) is 5.14. The van der Waals surface area contributed by atoms with E-state index in [4.69, 9.17) is 5.73 Å². The Bertz CT molecular complexity index is 275. The van der Waals surface area contributed by atoms with Crippen LogP contribution in [-0.4, -0.2) is 29.7 Å². The molecule has 0 aromatic carbocycles. The van der Waals surface area contributed by atoms with E-state index in [0.29, 0.717) is 25.3 Å². The molecule has 0 radical (unpaired) electrons. The SMILES string of the molecule is CC(N)C(=O)NC[C@H]1CC[C@H](O[N+](=O)[O-])CC1. The third-order valence-corrected chi connectivity index (χ3v) is 3.01. The first-order valence-electron chi connectivity index (χ1n) is 5.83. The first-order valence-corrected chi connectivity index (χ1v) is 5.83. The van der Waals surface area contributed by atoms with Crippen molar-refractivity contribution >= 4 is 5.91 Å². The van der Waals surface area contributed by atoms with Crippen molar-refractivity contribution in [3.05, 3.63) is 10.1 Å². The Balaban J connectivity index is 2.19. The molecule has 0 bridgehead atoms. The van der Waals surface area contributed by atoms with Gasteiger partial charge < -0.3 is 15.9 Å². The molecule has 0 aromatic heterocycles. The average molecular weight is 245 g/mol. The van der Waals surface area contributed by atoms with E-state index in [9.17, 15) is 14.9 Å². The van der Waals surface area contributed by atoms with Crippen LogP contribution in [0.5, 0.6) is 0 Å². The van der Waals surface area contributed by atoms with Crippen molar-refractivity contribution in [2.24, 2.45) is 11.7 Å². The normalized spacial score (nSPS) is 26.0. The Morgan fingerprint density at radius 3 is 2.59 bits per heavy atom. The number of carbonyl (C=O) groups is 1.